The first kappa shape index (κ1) is 15.0. The van der Waals surface area contributed by atoms with Crippen LogP contribution in [0.3, 0.4) is 0 Å². The van der Waals surface area contributed by atoms with Gasteiger partial charge in [-0.2, -0.15) is 0 Å². The summed E-state index contributed by atoms with van der Waals surface area (Å²) >= 11 is 3.31. The lowest BCUT2D eigenvalue weighted by atomic mass is 10.2. The van der Waals surface area contributed by atoms with Gasteiger partial charge in [0.15, 0.2) is 0 Å². The number of nitrogen functional groups attached to an aromatic ring is 1. The minimum Gasteiger partial charge on any atom is -0.398 e. The standard InChI is InChI=1S/C13H20BrN3O/c1-3-17(4-2)8-7-16-13(18)10-5-6-11(14)12(15)9-10/h5-6,9H,3-4,7-8,15H2,1-2H3,(H,16,18). The zero-order valence-electron chi connectivity index (χ0n) is 10.9. The normalized spacial score (nSPS) is 10.7. The zero-order chi connectivity index (χ0) is 13.5. The average Bonchev–Trinajstić information content (AvgIpc) is 2.37. The Hall–Kier alpha value is -1.07. The largest absolute Gasteiger partial charge is 0.398 e. The predicted octanol–water partition coefficient (Wildman–Crippen LogP) is 2.10. The second-order valence-corrected chi connectivity index (χ2v) is 4.87. The molecule has 3 N–H and O–H groups in total. The van der Waals surface area contributed by atoms with E-state index < -0.39 is 0 Å². The Morgan fingerprint density at radius 2 is 2.06 bits per heavy atom. The van der Waals surface area contributed by atoms with Crippen LogP contribution in [0.5, 0.6) is 0 Å². The number of nitrogens with two attached hydrogens (primary N) is 1. The lowest BCUT2D eigenvalue weighted by Gasteiger charge is -2.18. The van der Waals surface area contributed by atoms with Crippen molar-refractivity contribution in [3.8, 4) is 0 Å². The van der Waals surface area contributed by atoms with E-state index in [1.54, 1.807) is 18.2 Å². The van der Waals surface area contributed by atoms with Gasteiger partial charge in [-0.15, -0.1) is 0 Å². The van der Waals surface area contributed by atoms with Crippen LogP contribution in [0.2, 0.25) is 0 Å². The molecule has 0 aromatic heterocycles. The number of hydrogen-bond donors (Lipinski definition) is 2. The van der Waals surface area contributed by atoms with Gasteiger partial charge >= 0.3 is 0 Å². The molecule has 0 atom stereocenters. The van der Waals surface area contributed by atoms with Gasteiger partial charge in [0.25, 0.3) is 5.91 Å². The topological polar surface area (TPSA) is 58.4 Å². The molecule has 0 aliphatic carbocycles. The average molecular weight is 314 g/mol. The minimum atomic E-state index is -0.0821. The van der Waals surface area contributed by atoms with Gasteiger partial charge in [-0.1, -0.05) is 13.8 Å². The van der Waals surface area contributed by atoms with Gasteiger partial charge in [-0.25, -0.2) is 0 Å². The third-order valence-corrected chi connectivity index (χ3v) is 3.59. The molecular formula is C13H20BrN3O. The Morgan fingerprint density at radius 1 is 1.39 bits per heavy atom. The Bertz CT molecular complexity index is 405. The van der Waals surface area contributed by atoms with Gasteiger partial charge in [-0.05, 0) is 47.2 Å². The number of halogens is 1. The molecule has 5 heteroatoms. The molecule has 1 amide bonds. The van der Waals surface area contributed by atoms with Crippen molar-refractivity contribution in [3.05, 3.63) is 28.2 Å². The molecule has 0 saturated carbocycles. The highest BCUT2D eigenvalue weighted by atomic mass is 79.9. The summed E-state index contributed by atoms with van der Waals surface area (Å²) in [5.41, 5.74) is 6.91. The fourth-order valence-corrected chi connectivity index (χ4v) is 1.90. The number of carbonyl (C=O) groups excluding carboxylic acids is 1. The van der Waals surface area contributed by atoms with Crippen molar-refractivity contribution < 1.29 is 4.79 Å². The molecule has 4 nitrogen and oxygen atoms in total. The molecule has 0 spiro atoms. The molecule has 0 unspecified atom stereocenters. The predicted molar refractivity (Wildman–Crippen MR) is 78.7 cm³/mol. The first-order valence-electron chi connectivity index (χ1n) is 6.14. The molecule has 0 radical (unpaired) electrons. The molecule has 1 aromatic carbocycles. The Balaban J connectivity index is 2.48. The van der Waals surface area contributed by atoms with Gasteiger partial charge in [-0.3, -0.25) is 4.79 Å². The number of nitrogens with one attached hydrogen (secondary N) is 1. The first-order valence-corrected chi connectivity index (χ1v) is 6.93. The molecule has 0 bridgehead atoms. The number of nitrogens with zero attached hydrogens (tertiary/aromatic N) is 1. The highest BCUT2D eigenvalue weighted by molar-refractivity contribution is 9.10. The fourth-order valence-electron chi connectivity index (χ4n) is 1.65. The van der Waals surface area contributed by atoms with Crippen molar-refractivity contribution in [2.24, 2.45) is 0 Å². The van der Waals surface area contributed by atoms with Crippen LogP contribution < -0.4 is 11.1 Å². The molecule has 0 heterocycles. The van der Waals surface area contributed by atoms with Crippen LogP contribution in [0, 0.1) is 0 Å². The monoisotopic (exact) mass is 313 g/mol. The number of carbonyl (C=O) groups is 1. The Kier molecular flexibility index (Phi) is 6.15. The molecule has 1 aromatic rings. The van der Waals surface area contributed by atoms with Crippen molar-refractivity contribution in [2.45, 2.75) is 13.8 Å². The van der Waals surface area contributed by atoms with E-state index in [2.05, 4.69) is 40.0 Å². The lowest BCUT2D eigenvalue weighted by Crippen LogP contribution is -2.34. The fraction of sp³-hybridized carbons (Fsp3) is 0.462. The number of anilines is 1. The van der Waals surface area contributed by atoms with E-state index in [9.17, 15) is 4.79 Å². The van der Waals surface area contributed by atoms with E-state index in [4.69, 9.17) is 5.73 Å². The van der Waals surface area contributed by atoms with E-state index in [0.717, 1.165) is 24.1 Å². The van der Waals surface area contributed by atoms with E-state index in [1.807, 2.05) is 0 Å². The van der Waals surface area contributed by atoms with Crippen LogP contribution in [-0.4, -0.2) is 37.0 Å². The Morgan fingerprint density at radius 3 is 2.61 bits per heavy atom. The maximum absolute atomic E-state index is 11.9. The van der Waals surface area contributed by atoms with Gasteiger partial charge < -0.3 is 16.0 Å². The summed E-state index contributed by atoms with van der Waals surface area (Å²) < 4.78 is 0.808. The highest BCUT2D eigenvalue weighted by Gasteiger charge is 2.07. The lowest BCUT2D eigenvalue weighted by molar-refractivity contribution is 0.0949. The molecule has 1 rings (SSSR count). The number of hydrogen-bond acceptors (Lipinski definition) is 3. The summed E-state index contributed by atoms with van der Waals surface area (Å²) in [5.74, 6) is -0.0821. The van der Waals surface area contributed by atoms with E-state index in [1.165, 1.54) is 0 Å². The summed E-state index contributed by atoms with van der Waals surface area (Å²) in [6.07, 6.45) is 0. The molecule has 18 heavy (non-hydrogen) atoms. The van der Waals surface area contributed by atoms with E-state index >= 15 is 0 Å². The van der Waals surface area contributed by atoms with Crippen molar-refractivity contribution >= 4 is 27.5 Å². The number of likely N-dealkylation sites (N-methyl/N-ethyl adjacent to an activating group) is 1. The van der Waals surface area contributed by atoms with Crippen LogP contribution in [-0.2, 0) is 0 Å². The van der Waals surface area contributed by atoms with Crippen LogP contribution in [0.15, 0.2) is 22.7 Å². The number of rotatable bonds is 6. The highest BCUT2D eigenvalue weighted by Crippen LogP contribution is 2.19. The Labute approximate surface area is 117 Å². The SMILES string of the molecule is CCN(CC)CCNC(=O)c1ccc(Br)c(N)c1. The quantitative estimate of drug-likeness (QED) is 0.791. The van der Waals surface area contributed by atoms with Crippen molar-refractivity contribution in [1.29, 1.82) is 0 Å². The van der Waals surface area contributed by atoms with Gasteiger partial charge in [0.2, 0.25) is 0 Å². The minimum absolute atomic E-state index is 0.0821. The van der Waals surface area contributed by atoms with Crippen molar-refractivity contribution in [1.82, 2.24) is 10.2 Å². The molecule has 0 saturated heterocycles. The van der Waals surface area contributed by atoms with Gasteiger partial charge in [0.05, 0.1) is 0 Å². The molecule has 0 aliphatic heterocycles. The summed E-state index contributed by atoms with van der Waals surface area (Å²) in [4.78, 5) is 14.1. The van der Waals surface area contributed by atoms with Crippen LogP contribution in [0.4, 0.5) is 5.69 Å². The number of benzene rings is 1. The van der Waals surface area contributed by atoms with Crippen LogP contribution in [0.25, 0.3) is 0 Å². The maximum Gasteiger partial charge on any atom is 0.251 e. The molecule has 0 fully saturated rings. The zero-order valence-corrected chi connectivity index (χ0v) is 12.5. The molecular weight excluding hydrogens is 294 g/mol. The second-order valence-electron chi connectivity index (χ2n) is 4.02. The summed E-state index contributed by atoms with van der Waals surface area (Å²) in [6.45, 7) is 7.73. The first-order chi connectivity index (χ1) is 8.58. The van der Waals surface area contributed by atoms with Gasteiger partial charge in [0, 0.05) is 28.8 Å². The van der Waals surface area contributed by atoms with Gasteiger partial charge in [0.1, 0.15) is 0 Å². The summed E-state index contributed by atoms with van der Waals surface area (Å²) in [7, 11) is 0. The molecule has 100 valence electrons. The molecule has 0 aliphatic rings. The second kappa shape index (κ2) is 7.38. The van der Waals surface area contributed by atoms with E-state index in [0.29, 0.717) is 17.8 Å². The summed E-state index contributed by atoms with van der Waals surface area (Å²) in [6, 6.07) is 5.22. The third-order valence-electron chi connectivity index (χ3n) is 2.87. The smallest absolute Gasteiger partial charge is 0.251 e. The summed E-state index contributed by atoms with van der Waals surface area (Å²) in [5, 5.41) is 2.89. The van der Waals surface area contributed by atoms with Crippen molar-refractivity contribution in [3.63, 3.8) is 0 Å². The maximum atomic E-state index is 11.9. The van der Waals surface area contributed by atoms with E-state index in [-0.39, 0.29) is 5.91 Å². The number of amides is 1. The van der Waals surface area contributed by atoms with Crippen LogP contribution in [0.1, 0.15) is 24.2 Å². The third kappa shape index (κ3) is 4.31. The van der Waals surface area contributed by atoms with Crippen LogP contribution >= 0.6 is 15.9 Å². The van der Waals surface area contributed by atoms with Crippen molar-refractivity contribution in [2.75, 3.05) is 31.9 Å².